The Morgan fingerprint density at radius 3 is 2.47 bits per heavy atom. The molecule has 0 radical (unpaired) electrons. The second-order valence-corrected chi connectivity index (χ2v) is 4.39. The van der Waals surface area contributed by atoms with Crippen molar-refractivity contribution in [3.8, 4) is 5.88 Å². The minimum atomic E-state index is -5.15. The zero-order valence-corrected chi connectivity index (χ0v) is 11.0. The number of halogens is 6. The predicted molar refractivity (Wildman–Crippen MR) is 59.9 cm³/mol. The Kier molecular flexibility index (Phi) is 4.87. The van der Waals surface area contributed by atoms with Gasteiger partial charge < -0.3 is 9.84 Å². The lowest BCUT2D eigenvalue weighted by atomic mass is 10.2. The van der Waals surface area contributed by atoms with Crippen LogP contribution in [0.15, 0.2) is 6.07 Å². The molecule has 0 aliphatic rings. The monoisotopic (exact) mass is 397 g/mol. The lowest BCUT2D eigenvalue weighted by molar-refractivity contribution is -0.276. The van der Waals surface area contributed by atoms with Crippen molar-refractivity contribution in [1.29, 1.82) is 0 Å². The highest BCUT2D eigenvalue weighted by molar-refractivity contribution is 14.1. The van der Waals surface area contributed by atoms with Gasteiger partial charge in [0.2, 0.25) is 5.88 Å². The van der Waals surface area contributed by atoms with Gasteiger partial charge in [-0.3, -0.25) is 4.79 Å². The number of hydrogen-bond acceptors (Lipinski definition) is 3. The molecule has 0 spiro atoms. The Bertz CT molecular complexity index is 491. The van der Waals surface area contributed by atoms with Gasteiger partial charge >= 0.3 is 12.3 Å². The fourth-order valence-electron chi connectivity index (χ4n) is 1.15. The zero-order valence-electron chi connectivity index (χ0n) is 8.84. The molecule has 4 nitrogen and oxygen atoms in total. The normalized spacial score (nSPS) is 11.7. The summed E-state index contributed by atoms with van der Waals surface area (Å²) in [6.07, 6.45) is -9.06. The topological polar surface area (TPSA) is 59.4 Å². The van der Waals surface area contributed by atoms with Gasteiger partial charge in [0.15, 0.2) is 0 Å². The summed E-state index contributed by atoms with van der Waals surface area (Å²) in [5.41, 5.74) is -1.33. The highest BCUT2D eigenvalue weighted by Gasteiger charge is 2.34. The quantitative estimate of drug-likeness (QED) is 0.627. The number of aromatic nitrogens is 1. The summed E-state index contributed by atoms with van der Waals surface area (Å²) < 4.78 is 64.6. The lowest BCUT2D eigenvalue weighted by Gasteiger charge is -2.14. The summed E-state index contributed by atoms with van der Waals surface area (Å²) in [7, 11) is 0. The van der Waals surface area contributed by atoms with Crippen molar-refractivity contribution >= 4 is 28.6 Å². The molecule has 1 aromatic rings. The van der Waals surface area contributed by atoms with Gasteiger partial charge in [-0.2, -0.15) is 0 Å². The van der Waals surface area contributed by atoms with E-state index in [0.717, 1.165) is 6.07 Å². The molecule has 0 aliphatic carbocycles. The van der Waals surface area contributed by atoms with E-state index in [9.17, 15) is 26.7 Å². The Morgan fingerprint density at radius 1 is 1.47 bits per heavy atom. The van der Waals surface area contributed by atoms with Crippen LogP contribution in [-0.2, 0) is 11.2 Å². The van der Waals surface area contributed by atoms with Crippen LogP contribution in [0.2, 0.25) is 0 Å². The summed E-state index contributed by atoms with van der Waals surface area (Å²) in [6.45, 7) is 0. The van der Waals surface area contributed by atoms with Crippen LogP contribution in [0.4, 0.5) is 22.0 Å². The number of carboxylic acids is 1. The molecule has 1 heterocycles. The van der Waals surface area contributed by atoms with E-state index in [1.165, 1.54) is 22.6 Å². The maximum absolute atomic E-state index is 12.4. The van der Waals surface area contributed by atoms with E-state index in [4.69, 9.17) is 5.11 Å². The predicted octanol–water partition coefficient (Wildman–Crippen LogP) is 3.15. The largest absolute Gasteiger partial charge is 0.574 e. The van der Waals surface area contributed by atoms with E-state index in [-0.39, 0.29) is 3.57 Å². The van der Waals surface area contributed by atoms with Crippen LogP contribution in [0, 0.1) is 3.57 Å². The molecule has 106 valence electrons. The summed E-state index contributed by atoms with van der Waals surface area (Å²) >= 11 is 1.45. The third-order valence-corrected chi connectivity index (χ3v) is 2.78. The van der Waals surface area contributed by atoms with Gasteiger partial charge in [0, 0.05) is 9.13 Å². The van der Waals surface area contributed by atoms with Gasteiger partial charge in [-0.1, -0.05) is 0 Å². The van der Waals surface area contributed by atoms with Crippen molar-refractivity contribution < 1.29 is 36.6 Å². The number of nitrogens with zero attached hydrogens (tertiary/aromatic N) is 1. The van der Waals surface area contributed by atoms with Crippen molar-refractivity contribution in [3.05, 3.63) is 20.9 Å². The first-order valence-corrected chi connectivity index (χ1v) is 5.63. The number of hydrogen-bond donors (Lipinski definition) is 1. The summed E-state index contributed by atoms with van der Waals surface area (Å²) in [6, 6.07) is 0.812. The minimum Gasteiger partial charge on any atom is -0.481 e. The molecule has 1 rings (SSSR count). The van der Waals surface area contributed by atoms with E-state index in [1.54, 1.807) is 0 Å². The highest BCUT2D eigenvalue weighted by atomic mass is 127. The molecular formula is C9H5F5INO3. The average Bonchev–Trinajstić information content (AvgIpc) is 2.19. The molecule has 0 aliphatic heterocycles. The van der Waals surface area contributed by atoms with Gasteiger partial charge in [-0.05, 0) is 28.7 Å². The maximum Gasteiger partial charge on any atom is 0.574 e. The number of alkyl halides is 5. The third kappa shape index (κ3) is 4.76. The lowest BCUT2D eigenvalue weighted by Crippen LogP contribution is -2.20. The SMILES string of the molecule is O=C(O)Cc1c(I)cc(C(F)F)nc1OC(F)(F)F. The van der Waals surface area contributed by atoms with E-state index in [1.807, 2.05) is 0 Å². The second-order valence-electron chi connectivity index (χ2n) is 3.23. The Balaban J connectivity index is 3.31. The van der Waals surface area contributed by atoms with Crippen molar-refractivity contribution in [2.75, 3.05) is 0 Å². The molecule has 0 amide bonds. The smallest absolute Gasteiger partial charge is 0.481 e. The van der Waals surface area contributed by atoms with Crippen LogP contribution >= 0.6 is 22.6 Å². The second kappa shape index (κ2) is 5.84. The van der Waals surface area contributed by atoms with E-state index >= 15 is 0 Å². The van der Waals surface area contributed by atoms with Gasteiger partial charge in [-0.15, -0.1) is 13.2 Å². The molecule has 19 heavy (non-hydrogen) atoms. The van der Waals surface area contributed by atoms with Crippen LogP contribution in [0.1, 0.15) is 17.7 Å². The Labute approximate surface area is 116 Å². The van der Waals surface area contributed by atoms with Crippen molar-refractivity contribution in [2.45, 2.75) is 19.2 Å². The van der Waals surface area contributed by atoms with Gasteiger partial charge in [0.25, 0.3) is 6.43 Å². The van der Waals surface area contributed by atoms with Crippen LogP contribution in [0.25, 0.3) is 0 Å². The van der Waals surface area contributed by atoms with Crippen molar-refractivity contribution in [2.24, 2.45) is 0 Å². The van der Waals surface area contributed by atoms with Crippen LogP contribution in [-0.4, -0.2) is 22.4 Å². The molecule has 1 aromatic heterocycles. The first-order chi connectivity index (χ1) is 8.60. The zero-order chi connectivity index (χ0) is 14.8. The number of aliphatic carboxylic acids is 1. The fraction of sp³-hybridized carbons (Fsp3) is 0.333. The Morgan fingerprint density at radius 2 is 2.05 bits per heavy atom. The standard InChI is InChI=1S/C9H5F5INO3/c10-7(11)5-2-4(15)3(1-6(17)18)8(16-5)19-9(12,13)14/h2,7H,1H2,(H,17,18). The molecule has 0 unspecified atom stereocenters. The Hall–Kier alpha value is -1.20. The van der Waals surface area contributed by atoms with Crippen molar-refractivity contribution in [3.63, 3.8) is 0 Å². The molecule has 0 saturated carbocycles. The van der Waals surface area contributed by atoms with Gasteiger partial charge in [-0.25, -0.2) is 13.8 Å². The van der Waals surface area contributed by atoms with E-state index in [0.29, 0.717) is 0 Å². The van der Waals surface area contributed by atoms with E-state index in [2.05, 4.69) is 9.72 Å². The van der Waals surface area contributed by atoms with Crippen LogP contribution in [0.5, 0.6) is 5.88 Å². The molecule has 0 aromatic carbocycles. The maximum atomic E-state index is 12.4. The minimum absolute atomic E-state index is 0.0930. The molecule has 0 atom stereocenters. The number of carbonyl (C=O) groups is 1. The highest BCUT2D eigenvalue weighted by Crippen LogP contribution is 2.31. The number of ether oxygens (including phenoxy) is 1. The first kappa shape index (κ1) is 15.9. The number of rotatable bonds is 4. The molecule has 10 heteroatoms. The molecule has 1 N–H and O–H groups in total. The summed E-state index contributed by atoms with van der Waals surface area (Å²) in [5.74, 6) is -2.60. The van der Waals surface area contributed by atoms with Gasteiger partial charge in [0.1, 0.15) is 5.69 Å². The molecular weight excluding hydrogens is 392 g/mol. The molecule has 0 fully saturated rings. The molecule has 0 bridgehead atoms. The first-order valence-electron chi connectivity index (χ1n) is 4.55. The number of pyridine rings is 1. The molecule has 0 saturated heterocycles. The van der Waals surface area contributed by atoms with Gasteiger partial charge in [0.05, 0.1) is 6.42 Å². The average molecular weight is 397 g/mol. The summed E-state index contributed by atoms with van der Waals surface area (Å²) in [4.78, 5) is 13.6. The fourth-order valence-corrected chi connectivity index (χ4v) is 1.89. The van der Waals surface area contributed by atoms with Crippen LogP contribution in [0.3, 0.4) is 0 Å². The number of carboxylic acid groups (broad SMARTS) is 1. The van der Waals surface area contributed by atoms with E-state index < -0.39 is 42.3 Å². The third-order valence-electron chi connectivity index (χ3n) is 1.82. The van der Waals surface area contributed by atoms with Crippen LogP contribution < -0.4 is 4.74 Å². The summed E-state index contributed by atoms with van der Waals surface area (Å²) in [5, 5.41) is 8.58. The van der Waals surface area contributed by atoms with Crippen molar-refractivity contribution in [1.82, 2.24) is 4.98 Å².